The maximum absolute atomic E-state index is 12.5. The van der Waals surface area contributed by atoms with Crippen LogP contribution in [-0.2, 0) is 0 Å². The van der Waals surface area contributed by atoms with E-state index in [1.165, 1.54) is 6.42 Å². The van der Waals surface area contributed by atoms with Gasteiger partial charge in [0.2, 0.25) is 0 Å². The summed E-state index contributed by atoms with van der Waals surface area (Å²) in [6, 6.07) is 3.05. The average Bonchev–Trinajstić information content (AvgIpc) is 3.40. The summed E-state index contributed by atoms with van der Waals surface area (Å²) in [5.74, 6) is 1.25. The quantitative estimate of drug-likeness (QED) is 0.719. The first kappa shape index (κ1) is 19.2. The summed E-state index contributed by atoms with van der Waals surface area (Å²) in [4.78, 5) is 12.5. The predicted octanol–water partition coefficient (Wildman–Crippen LogP) is 2.38. The van der Waals surface area contributed by atoms with E-state index >= 15 is 0 Å². The van der Waals surface area contributed by atoms with E-state index in [1.807, 2.05) is 18.2 Å². The second kappa shape index (κ2) is 8.51. The molecule has 2 aliphatic heterocycles. The summed E-state index contributed by atoms with van der Waals surface area (Å²) >= 11 is 1.89. The van der Waals surface area contributed by atoms with Crippen LogP contribution in [0, 0.1) is 0 Å². The number of piperidine rings is 1. The van der Waals surface area contributed by atoms with Crippen molar-refractivity contribution in [1.82, 2.24) is 24.4 Å². The number of carbonyl (C=O) groups excluding carboxylic acids is 1. The zero-order valence-electron chi connectivity index (χ0n) is 16.3. The number of piperazine rings is 1. The van der Waals surface area contributed by atoms with E-state index in [4.69, 9.17) is 4.52 Å². The molecule has 0 spiro atoms. The maximum atomic E-state index is 12.5. The second-order valence-corrected chi connectivity index (χ2v) is 9.25. The van der Waals surface area contributed by atoms with Crippen LogP contribution in [0.4, 0.5) is 0 Å². The molecule has 8 heteroatoms. The van der Waals surface area contributed by atoms with E-state index in [0.717, 1.165) is 57.6 Å². The maximum Gasteiger partial charge on any atom is 0.273 e. The van der Waals surface area contributed by atoms with Crippen LogP contribution in [0.3, 0.4) is 0 Å². The van der Waals surface area contributed by atoms with Crippen molar-refractivity contribution in [2.24, 2.45) is 0 Å². The molecule has 4 rings (SSSR count). The molecule has 3 aliphatic rings. The highest BCUT2D eigenvalue weighted by Crippen LogP contribution is 2.40. The monoisotopic (exact) mass is 393 g/mol. The number of nitrogens with zero attached hydrogens (tertiary/aromatic N) is 3. The number of hydrogen-bond donors (Lipinski definition) is 2. The first-order valence-electron chi connectivity index (χ1n) is 10.3. The molecule has 150 valence electrons. The van der Waals surface area contributed by atoms with E-state index in [-0.39, 0.29) is 11.9 Å². The number of aromatic nitrogens is 1. The lowest BCUT2D eigenvalue weighted by atomic mass is 10.0. The summed E-state index contributed by atoms with van der Waals surface area (Å²) in [5, 5.41) is 10.7. The largest absolute Gasteiger partial charge is 0.360 e. The fourth-order valence-electron chi connectivity index (χ4n) is 3.91. The Morgan fingerprint density at radius 1 is 1.41 bits per heavy atom. The highest BCUT2D eigenvalue weighted by molar-refractivity contribution is 7.94. The number of rotatable bonds is 6. The second-order valence-electron chi connectivity index (χ2n) is 8.10. The third-order valence-electron chi connectivity index (χ3n) is 5.82. The van der Waals surface area contributed by atoms with E-state index in [1.54, 1.807) is 0 Å². The van der Waals surface area contributed by atoms with Gasteiger partial charge in [0.15, 0.2) is 5.69 Å². The smallest absolute Gasteiger partial charge is 0.273 e. The lowest BCUT2D eigenvalue weighted by molar-refractivity contribution is 0.0906. The first-order chi connectivity index (χ1) is 13.1. The highest BCUT2D eigenvalue weighted by atomic mass is 32.2. The van der Waals surface area contributed by atoms with Gasteiger partial charge in [-0.2, -0.15) is 0 Å². The van der Waals surface area contributed by atoms with E-state index in [9.17, 15) is 4.79 Å². The Morgan fingerprint density at radius 2 is 2.26 bits per heavy atom. The van der Waals surface area contributed by atoms with Crippen LogP contribution in [0.5, 0.6) is 0 Å². The van der Waals surface area contributed by atoms with Gasteiger partial charge in [0.25, 0.3) is 5.91 Å². The Kier molecular flexibility index (Phi) is 6.06. The van der Waals surface area contributed by atoms with Crippen molar-refractivity contribution in [2.75, 3.05) is 26.2 Å². The molecule has 1 aromatic rings. The summed E-state index contributed by atoms with van der Waals surface area (Å²) in [7, 11) is 0. The summed E-state index contributed by atoms with van der Waals surface area (Å²) < 4.78 is 10.3. The molecule has 1 saturated carbocycles. The van der Waals surface area contributed by atoms with Gasteiger partial charge < -0.3 is 15.2 Å². The topological polar surface area (TPSA) is 73.6 Å². The molecule has 1 aliphatic carbocycles. The molecule has 3 heterocycles. The minimum Gasteiger partial charge on any atom is -0.360 e. The summed E-state index contributed by atoms with van der Waals surface area (Å²) in [5.41, 5.74) is 0.424. The van der Waals surface area contributed by atoms with Crippen LogP contribution in [0.1, 0.15) is 68.1 Å². The molecule has 0 radical (unpaired) electrons. The molecule has 27 heavy (non-hydrogen) atoms. The Labute approximate surface area is 165 Å². The Morgan fingerprint density at radius 3 is 3.00 bits per heavy atom. The van der Waals surface area contributed by atoms with Crippen LogP contribution in [0.15, 0.2) is 10.6 Å². The van der Waals surface area contributed by atoms with E-state index in [2.05, 4.69) is 38.2 Å². The number of nitrogens with one attached hydrogen (secondary N) is 2. The van der Waals surface area contributed by atoms with Crippen LogP contribution in [0.25, 0.3) is 0 Å². The van der Waals surface area contributed by atoms with Crippen molar-refractivity contribution >= 4 is 18.0 Å². The van der Waals surface area contributed by atoms with E-state index < -0.39 is 0 Å². The zero-order chi connectivity index (χ0) is 18.8. The van der Waals surface area contributed by atoms with Crippen molar-refractivity contribution in [2.45, 2.75) is 70.0 Å². The standard InChI is InChI=1S/C19H31N5O2S/c1-3-15-12-23(9-7-20-15)27-24-8-6-16(10-13(24)2)21-19(25)17-11-18(26-22-17)14-4-5-14/h11,13-16,20H,3-10,12H2,1-2H3,(H,21,25). The first-order valence-corrected chi connectivity index (χ1v) is 11.1. The molecule has 3 unspecified atom stereocenters. The molecule has 0 bridgehead atoms. The Hall–Kier alpha value is -1.09. The normalized spacial score (nSPS) is 30.4. The number of hydrogen-bond acceptors (Lipinski definition) is 7. The zero-order valence-corrected chi connectivity index (χ0v) is 17.1. The van der Waals surface area contributed by atoms with Crippen molar-refractivity contribution in [3.8, 4) is 0 Å². The van der Waals surface area contributed by atoms with Gasteiger partial charge >= 0.3 is 0 Å². The summed E-state index contributed by atoms with van der Waals surface area (Å²) in [6.45, 7) is 8.73. The average molecular weight is 394 g/mol. The lowest BCUT2D eigenvalue weighted by Gasteiger charge is -2.41. The Balaban J connectivity index is 1.24. The molecule has 2 saturated heterocycles. The lowest BCUT2D eigenvalue weighted by Crippen LogP contribution is -2.51. The number of amides is 1. The third-order valence-corrected chi connectivity index (χ3v) is 7.14. The SMILES string of the molecule is CCC1CN(SN2CCC(NC(=O)c3cc(C4CC4)on3)CC2C)CCN1. The van der Waals surface area contributed by atoms with Gasteiger partial charge in [-0.15, -0.1) is 0 Å². The molecular weight excluding hydrogens is 362 g/mol. The van der Waals surface area contributed by atoms with Gasteiger partial charge in [0, 0.05) is 68.4 Å². The fraction of sp³-hybridized carbons (Fsp3) is 0.789. The third kappa shape index (κ3) is 4.85. The molecule has 3 atom stereocenters. The highest BCUT2D eigenvalue weighted by Gasteiger charge is 2.32. The Bertz CT molecular complexity index is 650. The van der Waals surface area contributed by atoms with Crippen LogP contribution >= 0.6 is 12.1 Å². The minimum atomic E-state index is -0.100. The molecule has 7 nitrogen and oxygen atoms in total. The molecular formula is C19H31N5O2S. The molecule has 1 amide bonds. The van der Waals surface area contributed by atoms with Crippen molar-refractivity contribution in [3.05, 3.63) is 17.5 Å². The number of carbonyl (C=O) groups is 1. The van der Waals surface area contributed by atoms with Gasteiger partial charge in [-0.05, 0) is 39.0 Å². The van der Waals surface area contributed by atoms with Crippen LogP contribution < -0.4 is 10.6 Å². The van der Waals surface area contributed by atoms with Crippen molar-refractivity contribution < 1.29 is 9.32 Å². The van der Waals surface area contributed by atoms with Crippen molar-refractivity contribution in [1.29, 1.82) is 0 Å². The van der Waals surface area contributed by atoms with Gasteiger partial charge in [-0.25, -0.2) is 8.61 Å². The molecule has 3 fully saturated rings. The van der Waals surface area contributed by atoms with E-state index in [0.29, 0.717) is 23.7 Å². The van der Waals surface area contributed by atoms with Crippen LogP contribution in [-0.4, -0.2) is 64.0 Å². The van der Waals surface area contributed by atoms with Gasteiger partial charge in [0.1, 0.15) is 5.76 Å². The van der Waals surface area contributed by atoms with Gasteiger partial charge in [-0.3, -0.25) is 4.79 Å². The van der Waals surface area contributed by atoms with Crippen LogP contribution in [0.2, 0.25) is 0 Å². The van der Waals surface area contributed by atoms with Gasteiger partial charge in [-0.1, -0.05) is 12.1 Å². The molecule has 1 aromatic heterocycles. The summed E-state index contributed by atoms with van der Waals surface area (Å²) in [6.07, 6.45) is 5.41. The fourth-order valence-corrected chi connectivity index (χ4v) is 5.06. The predicted molar refractivity (Wildman–Crippen MR) is 106 cm³/mol. The molecule has 0 aromatic carbocycles. The van der Waals surface area contributed by atoms with Gasteiger partial charge in [0.05, 0.1) is 0 Å². The van der Waals surface area contributed by atoms with Crippen molar-refractivity contribution in [3.63, 3.8) is 0 Å². The minimum absolute atomic E-state index is 0.100. The molecule has 2 N–H and O–H groups in total.